The van der Waals surface area contributed by atoms with Crippen molar-refractivity contribution in [1.29, 1.82) is 0 Å². The molecule has 0 aliphatic rings. The molecule has 0 atom stereocenters. The quantitative estimate of drug-likeness (QED) is 0.624. The summed E-state index contributed by atoms with van der Waals surface area (Å²) in [5.74, 6) is 1.01. The molecule has 0 heterocycles. The molecular weight excluding hydrogens is 150 g/mol. The van der Waals surface area contributed by atoms with Crippen LogP contribution in [0.5, 0.6) is 0 Å². The lowest BCUT2D eigenvalue weighted by Crippen LogP contribution is -2.26. The molecule has 0 aliphatic carbocycles. The van der Waals surface area contributed by atoms with Crippen LogP contribution in [0.3, 0.4) is 0 Å². The Morgan fingerprint density at radius 3 is 2.60 bits per heavy atom. The first kappa shape index (κ1) is 9.76. The molecule has 0 spiro atoms. The van der Waals surface area contributed by atoms with Crippen molar-refractivity contribution < 1.29 is 4.79 Å². The minimum Gasteiger partial charge on any atom is -0.355 e. The van der Waals surface area contributed by atoms with Gasteiger partial charge in [-0.3, -0.25) is 4.79 Å². The van der Waals surface area contributed by atoms with Gasteiger partial charge in [-0.25, -0.2) is 0 Å². The monoisotopic (exact) mass is 163 g/mol. The van der Waals surface area contributed by atoms with Gasteiger partial charge in [-0.15, -0.1) is 11.6 Å². The van der Waals surface area contributed by atoms with Crippen molar-refractivity contribution in [3.8, 4) is 0 Å². The van der Waals surface area contributed by atoms with Crippen molar-refractivity contribution in [2.45, 2.75) is 20.3 Å². The molecule has 0 aromatic rings. The van der Waals surface area contributed by atoms with E-state index in [2.05, 4.69) is 5.32 Å². The molecule has 0 bridgehead atoms. The van der Waals surface area contributed by atoms with Gasteiger partial charge in [-0.05, 0) is 5.92 Å². The summed E-state index contributed by atoms with van der Waals surface area (Å²) < 4.78 is 0. The number of nitrogens with one attached hydrogen (secondary N) is 1. The summed E-state index contributed by atoms with van der Waals surface area (Å²) >= 11 is 5.37. The number of hydrogen-bond acceptors (Lipinski definition) is 1. The summed E-state index contributed by atoms with van der Waals surface area (Å²) in [6.45, 7) is 4.60. The molecule has 0 unspecified atom stereocenters. The molecule has 2 nitrogen and oxygen atoms in total. The SMILES string of the molecule is CC(C)CC(=O)NCCCl. The molecule has 3 heteroatoms. The minimum atomic E-state index is 0.0932. The van der Waals surface area contributed by atoms with Crippen LogP contribution in [0.4, 0.5) is 0 Å². The van der Waals surface area contributed by atoms with Crippen LogP contribution in [0.1, 0.15) is 20.3 Å². The highest BCUT2D eigenvalue weighted by atomic mass is 35.5. The van der Waals surface area contributed by atoms with Crippen LogP contribution in [0.25, 0.3) is 0 Å². The van der Waals surface area contributed by atoms with E-state index in [9.17, 15) is 4.79 Å². The van der Waals surface area contributed by atoms with E-state index in [0.29, 0.717) is 24.8 Å². The molecule has 0 saturated carbocycles. The number of amides is 1. The van der Waals surface area contributed by atoms with Crippen molar-refractivity contribution in [2.24, 2.45) is 5.92 Å². The van der Waals surface area contributed by atoms with Crippen LogP contribution in [0, 0.1) is 5.92 Å². The third-order valence-corrected chi connectivity index (χ3v) is 1.20. The van der Waals surface area contributed by atoms with E-state index in [0.717, 1.165) is 0 Å². The average Bonchev–Trinajstić information content (AvgIpc) is 1.82. The Kier molecular flexibility index (Phi) is 5.40. The van der Waals surface area contributed by atoms with E-state index in [-0.39, 0.29) is 5.91 Å². The summed E-state index contributed by atoms with van der Waals surface area (Å²) in [6.07, 6.45) is 0.594. The Morgan fingerprint density at radius 1 is 1.60 bits per heavy atom. The molecule has 0 aliphatic heterocycles. The fourth-order valence-electron chi connectivity index (χ4n) is 0.630. The molecule has 0 fully saturated rings. The van der Waals surface area contributed by atoms with E-state index in [1.165, 1.54) is 0 Å². The van der Waals surface area contributed by atoms with Gasteiger partial charge in [-0.2, -0.15) is 0 Å². The first-order valence-corrected chi connectivity index (χ1v) is 4.03. The Bertz CT molecular complexity index is 104. The highest BCUT2D eigenvalue weighted by molar-refractivity contribution is 6.18. The number of carbonyl (C=O) groups excluding carboxylic acids is 1. The molecule has 60 valence electrons. The Balaban J connectivity index is 3.26. The number of carbonyl (C=O) groups is 1. The van der Waals surface area contributed by atoms with Crippen LogP contribution in [0.2, 0.25) is 0 Å². The number of alkyl halides is 1. The van der Waals surface area contributed by atoms with Crippen LogP contribution < -0.4 is 5.32 Å². The fourth-order valence-corrected chi connectivity index (χ4v) is 0.724. The van der Waals surface area contributed by atoms with Gasteiger partial charge in [-0.1, -0.05) is 13.8 Å². The first-order valence-electron chi connectivity index (χ1n) is 3.49. The smallest absolute Gasteiger partial charge is 0.220 e. The zero-order valence-electron chi connectivity index (χ0n) is 6.48. The second kappa shape index (κ2) is 5.54. The van der Waals surface area contributed by atoms with Crippen molar-refractivity contribution in [2.75, 3.05) is 12.4 Å². The molecule has 0 saturated heterocycles. The van der Waals surface area contributed by atoms with Crippen molar-refractivity contribution in [3.05, 3.63) is 0 Å². The lowest BCUT2D eigenvalue weighted by atomic mass is 10.1. The Morgan fingerprint density at radius 2 is 2.20 bits per heavy atom. The van der Waals surface area contributed by atoms with E-state index < -0.39 is 0 Å². The molecule has 0 rings (SSSR count). The number of halogens is 1. The molecule has 10 heavy (non-hydrogen) atoms. The summed E-state index contributed by atoms with van der Waals surface area (Å²) in [7, 11) is 0. The van der Waals surface area contributed by atoms with Gasteiger partial charge in [0.05, 0.1) is 0 Å². The lowest BCUT2D eigenvalue weighted by molar-refractivity contribution is -0.121. The summed E-state index contributed by atoms with van der Waals surface area (Å²) in [4.78, 5) is 10.8. The third-order valence-electron chi connectivity index (χ3n) is 1.01. The third kappa shape index (κ3) is 5.89. The van der Waals surface area contributed by atoms with Crippen molar-refractivity contribution in [1.82, 2.24) is 5.32 Å². The second-order valence-electron chi connectivity index (χ2n) is 2.64. The van der Waals surface area contributed by atoms with Gasteiger partial charge in [0.15, 0.2) is 0 Å². The molecule has 1 N–H and O–H groups in total. The first-order chi connectivity index (χ1) is 4.66. The normalized spacial score (nSPS) is 10.0. The van der Waals surface area contributed by atoms with E-state index in [1.54, 1.807) is 0 Å². The standard InChI is InChI=1S/C7H14ClNO/c1-6(2)5-7(10)9-4-3-8/h6H,3-5H2,1-2H3,(H,9,10). The maximum atomic E-state index is 10.8. The summed E-state index contributed by atoms with van der Waals surface area (Å²) in [6, 6.07) is 0. The lowest BCUT2D eigenvalue weighted by Gasteiger charge is -2.04. The molecular formula is C7H14ClNO. The Labute approximate surface area is 66.9 Å². The van der Waals surface area contributed by atoms with Gasteiger partial charge >= 0.3 is 0 Å². The predicted molar refractivity (Wildman–Crippen MR) is 43.2 cm³/mol. The molecule has 0 radical (unpaired) electrons. The fraction of sp³-hybridized carbons (Fsp3) is 0.857. The Hall–Kier alpha value is -0.240. The van der Waals surface area contributed by atoms with Gasteiger partial charge in [0.1, 0.15) is 0 Å². The maximum Gasteiger partial charge on any atom is 0.220 e. The minimum absolute atomic E-state index is 0.0932. The summed E-state index contributed by atoms with van der Waals surface area (Å²) in [5.41, 5.74) is 0. The van der Waals surface area contributed by atoms with Crippen LogP contribution >= 0.6 is 11.6 Å². The van der Waals surface area contributed by atoms with E-state index >= 15 is 0 Å². The highest BCUT2D eigenvalue weighted by Crippen LogP contribution is 1.97. The van der Waals surface area contributed by atoms with E-state index in [1.807, 2.05) is 13.8 Å². The van der Waals surface area contributed by atoms with Crippen molar-refractivity contribution >= 4 is 17.5 Å². The van der Waals surface area contributed by atoms with Crippen LogP contribution in [-0.2, 0) is 4.79 Å². The average molecular weight is 164 g/mol. The summed E-state index contributed by atoms with van der Waals surface area (Å²) in [5, 5.41) is 2.69. The second-order valence-corrected chi connectivity index (χ2v) is 3.01. The topological polar surface area (TPSA) is 29.1 Å². The molecule has 1 amide bonds. The molecule has 0 aromatic heterocycles. The molecule has 0 aromatic carbocycles. The zero-order chi connectivity index (χ0) is 7.98. The number of rotatable bonds is 4. The van der Waals surface area contributed by atoms with Crippen LogP contribution in [0.15, 0.2) is 0 Å². The van der Waals surface area contributed by atoms with Crippen molar-refractivity contribution in [3.63, 3.8) is 0 Å². The highest BCUT2D eigenvalue weighted by Gasteiger charge is 2.01. The largest absolute Gasteiger partial charge is 0.355 e. The van der Waals surface area contributed by atoms with Gasteiger partial charge in [0, 0.05) is 18.8 Å². The van der Waals surface area contributed by atoms with E-state index in [4.69, 9.17) is 11.6 Å². The maximum absolute atomic E-state index is 10.8. The van der Waals surface area contributed by atoms with Gasteiger partial charge < -0.3 is 5.32 Å². The zero-order valence-corrected chi connectivity index (χ0v) is 7.24. The van der Waals surface area contributed by atoms with Crippen LogP contribution in [-0.4, -0.2) is 18.3 Å². The van der Waals surface area contributed by atoms with Gasteiger partial charge in [0.2, 0.25) is 5.91 Å². The van der Waals surface area contributed by atoms with Gasteiger partial charge in [0.25, 0.3) is 0 Å². The predicted octanol–water partition coefficient (Wildman–Crippen LogP) is 1.39. The number of hydrogen-bond donors (Lipinski definition) is 1.